The summed E-state index contributed by atoms with van der Waals surface area (Å²) in [4.78, 5) is 0. The molecule has 4 nitrogen and oxygen atoms in total. The predicted octanol–water partition coefficient (Wildman–Crippen LogP) is 4.60. The number of halogens is 4. The van der Waals surface area contributed by atoms with E-state index in [-0.39, 0.29) is 12.3 Å². The van der Waals surface area contributed by atoms with E-state index in [9.17, 15) is 10.2 Å². The average molecular weight is 749 g/mol. The fraction of sp³-hybridized carbons (Fsp3) is 0.143. The van der Waals surface area contributed by atoms with Crippen molar-refractivity contribution in [1.82, 2.24) is 0 Å². The normalized spacial score (nSPS) is 12.3. The van der Waals surface area contributed by atoms with Crippen molar-refractivity contribution in [2.45, 2.75) is 6.10 Å². The highest BCUT2D eigenvalue weighted by molar-refractivity contribution is 14.1. The molecule has 22 heavy (non-hydrogen) atoms. The molecule has 4 N–H and O–H groups in total. The van der Waals surface area contributed by atoms with Crippen LogP contribution in [-0.2, 0) is 0 Å². The zero-order valence-corrected chi connectivity index (χ0v) is 19.6. The number of rotatable bonds is 4. The maximum atomic E-state index is 9.86. The van der Waals surface area contributed by atoms with Gasteiger partial charge >= 0.3 is 0 Å². The van der Waals surface area contributed by atoms with Crippen molar-refractivity contribution >= 4 is 90.4 Å². The number of nitrogens with two attached hydrogens (primary N) is 1. The lowest BCUT2D eigenvalue weighted by Crippen LogP contribution is -2.12. The molecule has 0 radical (unpaired) electrons. The van der Waals surface area contributed by atoms with Gasteiger partial charge < -0.3 is 20.7 Å². The van der Waals surface area contributed by atoms with Gasteiger partial charge in [0.05, 0.1) is 20.4 Å². The summed E-state index contributed by atoms with van der Waals surface area (Å²) in [5.74, 6) is 1.65. The molecule has 0 aromatic heterocycles. The van der Waals surface area contributed by atoms with Crippen LogP contribution in [0.2, 0.25) is 0 Å². The molecule has 0 heterocycles. The van der Waals surface area contributed by atoms with Gasteiger partial charge in [0.1, 0.15) is 11.5 Å². The number of aliphatic hydroxyl groups is 1. The van der Waals surface area contributed by atoms with Gasteiger partial charge in [-0.15, -0.1) is 0 Å². The molecule has 0 saturated carbocycles. The van der Waals surface area contributed by atoms with Gasteiger partial charge in [0, 0.05) is 6.54 Å². The Kier molecular flexibility index (Phi) is 7.26. The highest BCUT2D eigenvalue weighted by Crippen LogP contribution is 2.37. The summed E-state index contributed by atoms with van der Waals surface area (Å²) in [5.41, 5.74) is 6.28. The molecule has 118 valence electrons. The zero-order valence-electron chi connectivity index (χ0n) is 11.0. The first-order chi connectivity index (χ1) is 10.3. The van der Waals surface area contributed by atoms with Crippen molar-refractivity contribution in [2.75, 3.05) is 6.54 Å². The second-order valence-electron chi connectivity index (χ2n) is 4.40. The topological polar surface area (TPSA) is 75.7 Å². The number of phenolic OH excluding ortho intramolecular Hbond substituents is 1. The minimum absolute atomic E-state index is 0.181. The molecule has 0 aliphatic carbocycles. The van der Waals surface area contributed by atoms with Gasteiger partial charge in [0.2, 0.25) is 0 Å². The summed E-state index contributed by atoms with van der Waals surface area (Å²) < 4.78 is 9.24. The lowest BCUT2D eigenvalue weighted by Gasteiger charge is -2.15. The molecule has 0 saturated heterocycles. The summed E-state index contributed by atoms with van der Waals surface area (Å²) in [6.45, 7) is 0.181. The zero-order chi connectivity index (χ0) is 16.4. The van der Waals surface area contributed by atoms with Crippen molar-refractivity contribution in [3.05, 3.63) is 44.1 Å². The van der Waals surface area contributed by atoms with Crippen molar-refractivity contribution < 1.29 is 14.9 Å². The van der Waals surface area contributed by atoms with Crippen LogP contribution in [-0.4, -0.2) is 16.8 Å². The minimum atomic E-state index is -0.674. The average Bonchev–Trinajstić information content (AvgIpc) is 2.47. The van der Waals surface area contributed by atoms with Crippen molar-refractivity contribution in [1.29, 1.82) is 0 Å². The van der Waals surface area contributed by atoms with Crippen LogP contribution >= 0.6 is 90.4 Å². The first-order valence-corrected chi connectivity index (χ1v) is 10.4. The van der Waals surface area contributed by atoms with Crippen LogP contribution in [0, 0.1) is 14.3 Å². The Hall–Kier alpha value is 0.880. The third-order valence-corrected chi connectivity index (χ3v) is 6.09. The van der Waals surface area contributed by atoms with Crippen LogP contribution in [0.5, 0.6) is 17.2 Å². The number of aromatic hydroxyl groups is 1. The molecule has 2 aromatic carbocycles. The smallest absolute Gasteiger partial charge is 0.154 e. The predicted molar refractivity (Wildman–Crippen MR) is 120 cm³/mol. The SMILES string of the molecule is NCC(O)c1cc(I)c(Oc2cc(I)c(O)c(I)c2)c(I)c1. The van der Waals surface area contributed by atoms with Gasteiger partial charge in [-0.1, -0.05) is 0 Å². The van der Waals surface area contributed by atoms with E-state index in [1.807, 2.05) is 12.1 Å². The Labute approximate surface area is 182 Å². The van der Waals surface area contributed by atoms with Gasteiger partial charge in [-0.05, 0) is 120 Å². The fourth-order valence-corrected chi connectivity index (χ4v) is 5.47. The Balaban J connectivity index is 2.38. The molecule has 0 amide bonds. The first kappa shape index (κ1) is 19.2. The van der Waals surface area contributed by atoms with E-state index in [1.54, 1.807) is 12.1 Å². The largest absolute Gasteiger partial charge is 0.506 e. The molecule has 2 aromatic rings. The number of aliphatic hydroxyl groups excluding tert-OH is 1. The molecule has 0 fully saturated rings. The van der Waals surface area contributed by atoms with Crippen molar-refractivity contribution in [3.8, 4) is 17.2 Å². The van der Waals surface area contributed by atoms with E-state index in [0.717, 1.165) is 25.6 Å². The molecule has 0 aliphatic heterocycles. The molecule has 8 heteroatoms. The molecule has 1 unspecified atom stereocenters. The maximum Gasteiger partial charge on any atom is 0.154 e. The van der Waals surface area contributed by atoms with E-state index in [2.05, 4.69) is 90.4 Å². The second-order valence-corrected chi connectivity index (χ2v) is 9.05. The van der Waals surface area contributed by atoms with E-state index in [0.29, 0.717) is 5.75 Å². The van der Waals surface area contributed by atoms with Gasteiger partial charge in [0.15, 0.2) is 5.75 Å². The molecular weight excluding hydrogens is 738 g/mol. The quantitative estimate of drug-likeness (QED) is 0.401. The van der Waals surface area contributed by atoms with Gasteiger partial charge in [-0.2, -0.15) is 0 Å². The van der Waals surface area contributed by atoms with Crippen LogP contribution < -0.4 is 10.5 Å². The minimum Gasteiger partial charge on any atom is -0.506 e. The highest BCUT2D eigenvalue weighted by atomic mass is 127. The van der Waals surface area contributed by atoms with Crippen LogP contribution in [0.4, 0.5) is 0 Å². The van der Waals surface area contributed by atoms with Crippen LogP contribution in [0.3, 0.4) is 0 Å². The van der Waals surface area contributed by atoms with E-state index < -0.39 is 6.10 Å². The number of hydrogen-bond acceptors (Lipinski definition) is 4. The first-order valence-electron chi connectivity index (χ1n) is 6.06. The van der Waals surface area contributed by atoms with E-state index in [1.165, 1.54) is 0 Å². The molecule has 1 atom stereocenters. The monoisotopic (exact) mass is 749 g/mol. The van der Waals surface area contributed by atoms with Crippen LogP contribution in [0.15, 0.2) is 24.3 Å². The number of hydrogen-bond donors (Lipinski definition) is 3. The number of benzene rings is 2. The van der Waals surface area contributed by atoms with Crippen LogP contribution in [0.25, 0.3) is 0 Å². The molecular formula is C14H11I4NO3. The lowest BCUT2D eigenvalue weighted by molar-refractivity contribution is 0.186. The molecule has 0 spiro atoms. The Bertz CT molecular complexity index is 662. The van der Waals surface area contributed by atoms with Gasteiger partial charge in [0.25, 0.3) is 0 Å². The molecule has 0 aliphatic rings. The summed E-state index contributed by atoms with van der Waals surface area (Å²) in [6.07, 6.45) is -0.674. The summed E-state index contributed by atoms with van der Waals surface area (Å²) in [6, 6.07) is 7.30. The fourth-order valence-electron chi connectivity index (χ4n) is 1.72. The third-order valence-electron chi connectivity index (χ3n) is 2.84. The Morgan fingerprint density at radius 1 is 0.955 bits per heavy atom. The van der Waals surface area contributed by atoms with Crippen molar-refractivity contribution in [3.63, 3.8) is 0 Å². The highest BCUT2D eigenvalue weighted by Gasteiger charge is 2.15. The molecule has 0 bridgehead atoms. The number of phenols is 1. The van der Waals surface area contributed by atoms with Gasteiger partial charge in [-0.25, -0.2) is 0 Å². The third kappa shape index (κ3) is 4.49. The van der Waals surface area contributed by atoms with Crippen LogP contribution in [0.1, 0.15) is 11.7 Å². The Morgan fingerprint density at radius 3 is 1.91 bits per heavy atom. The van der Waals surface area contributed by atoms with Gasteiger partial charge in [-0.3, -0.25) is 0 Å². The second kappa shape index (κ2) is 8.31. The summed E-state index contributed by atoms with van der Waals surface area (Å²) in [5, 5.41) is 19.7. The summed E-state index contributed by atoms with van der Waals surface area (Å²) in [7, 11) is 0. The number of ether oxygens (including phenoxy) is 1. The lowest BCUT2D eigenvalue weighted by atomic mass is 10.1. The Morgan fingerprint density at radius 2 is 1.45 bits per heavy atom. The van der Waals surface area contributed by atoms with E-state index >= 15 is 0 Å². The maximum absolute atomic E-state index is 9.86. The van der Waals surface area contributed by atoms with E-state index in [4.69, 9.17) is 10.5 Å². The summed E-state index contributed by atoms with van der Waals surface area (Å²) >= 11 is 8.49. The van der Waals surface area contributed by atoms with Crippen molar-refractivity contribution in [2.24, 2.45) is 5.73 Å². The standard InChI is InChI=1S/C14H11I4NO3/c15-8-3-7(4-9(16)13(8)21)22-14-10(17)1-6(2-11(14)18)12(20)5-19/h1-4,12,20-21H,5,19H2. The molecule has 2 rings (SSSR count).